The largest absolute Gasteiger partial charge is 0.478 e. The lowest BCUT2D eigenvalue weighted by Crippen LogP contribution is -2.23. The Balaban J connectivity index is 1.29. The molecule has 3 aromatic carbocycles. The van der Waals surface area contributed by atoms with Gasteiger partial charge in [0.1, 0.15) is 5.00 Å². The van der Waals surface area contributed by atoms with Crippen molar-refractivity contribution in [2.75, 3.05) is 17.2 Å². The van der Waals surface area contributed by atoms with Crippen molar-refractivity contribution in [2.45, 2.75) is 49.2 Å². The molecule has 226 valence electrons. The van der Waals surface area contributed by atoms with Crippen LogP contribution in [0.4, 0.5) is 10.7 Å². The molecule has 10 heteroatoms. The van der Waals surface area contributed by atoms with E-state index in [-0.39, 0.29) is 23.6 Å². The number of aromatic carboxylic acids is 1. The second-order valence-electron chi connectivity index (χ2n) is 10.4. The van der Waals surface area contributed by atoms with E-state index in [0.29, 0.717) is 22.2 Å². The maximum atomic E-state index is 13.4. The number of carboxylic acids is 1. The molecule has 0 fully saturated rings. The van der Waals surface area contributed by atoms with Crippen molar-refractivity contribution < 1.29 is 29.0 Å². The zero-order chi connectivity index (χ0) is 31.2. The van der Waals surface area contributed by atoms with E-state index in [2.05, 4.69) is 22.8 Å². The van der Waals surface area contributed by atoms with Gasteiger partial charge < -0.3 is 20.5 Å². The number of thiophene rings is 1. The van der Waals surface area contributed by atoms with Gasteiger partial charge in [-0.25, -0.2) is 9.59 Å². The number of ether oxygens (including phenoxy) is 1. The lowest BCUT2D eigenvalue weighted by atomic mass is 9.83. The van der Waals surface area contributed by atoms with Gasteiger partial charge in [-0.15, -0.1) is 23.1 Å². The number of carbonyl (C=O) groups excluding carboxylic acids is 3. The molecule has 3 N–H and O–H groups in total. The molecule has 5 rings (SSSR count). The first kappa shape index (κ1) is 31.0. The Morgan fingerprint density at radius 3 is 2.43 bits per heavy atom. The molecule has 1 aliphatic rings. The lowest BCUT2D eigenvalue weighted by Gasteiger charge is -2.23. The maximum Gasteiger partial charge on any atom is 0.341 e. The number of amides is 2. The number of thioether (sulfide) groups is 1. The zero-order valence-corrected chi connectivity index (χ0v) is 25.9. The standard InChI is InChI=1S/C34H32N2O6S2/c1-3-42-34(41)29-27-17-16-22(21-10-5-4-6-11-21)18-28(27)44-32(29)36-30(37)20(2)43-24-13-9-12-23(19-24)35-31(38)25-14-7-8-15-26(25)33(39)40/h4-15,19-20,22H,3,16-18H2,1-2H3,(H,35,38)(H,36,37)(H,39,40). The fourth-order valence-electron chi connectivity index (χ4n) is 5.29. The van der Waals surface area contributed by atoms with Crippen LogP contribution in [0.1, 0.15) is 73.3 Å². The van der Waals surface area contributed by atoms with Crippen LogP contribution in [0.2, 0.25) is 0 Å². The van der Waals surface area contributed by atoms with Gasteiger partial charge in [-0.2, -0.15) is 0 Å². The summed E-state index contributed by atoms with van der Waals surface area (Å²) in [5, 5.41) is 15.1. The lowest BCUT2D eigenvalue weighted by molar-refractivity contribution is -0.115. The number of carboxylic acid groups (broad SMARTS) is 1. The van der Waals surface area contributed by atoms with Gasteiger partial charge in [0.05, 0.1) is 28.5 Å². The maximum absolute atomic E-state index is 13.4. The summed E-state index contributed by atoms with van der Waals surface area (Å²) >= 11 is 2.75. The molecule has 0 saturated carbocycles. The van der Waals surface area contributed by atoms with Crippen molar-refractivity contribution in [3.63, 3.8) is 0 Å². The summed E-state index contributed by atoms with van der Waals surface area (Å²) in [5.74, 6) is -2.07. The van der Waals surface area contributed by atoms with Crippen LogP contribution in [0, 0.1) is 0 Å². The topological polar surface area (TPSA) is 122 Å². The summed E-state index contributed by atoms with van der Waals surface area (Å²) in [6.45, 7) is 3.78. The Bertz CT molecular complexity index is 1700. The van der Waals surface area contributed by atoms with Crippen LogP contribution in [0.15, 0.2) is 83.8 Å². The normalized spacial score (nSPS) is 14.6. The molecule has 1 heterocycles. The number of rotatable bonds is 10. The van der Waals surface area contributed by atoms with E-state index in [9.17, 15) is 24.3 Å². The van der Waals surface area contributed by atoms with Crippen LogP contribution in [0.3, 0.4) is 0 Å². The first-order chi connectivity index (χ1) is 21.2. The number of hydrogen-bond acceptors (Lipinski definition) is 7. The molecule has 0 saturated heterocycles. The number of fused-ring (bicyclic) bond motifs is 1. The zero-order valence-electron chi connectivity index (χ0n) is 24.3. The molecule has 44 heavy (non-hydrogen) atoms. The summed E-state index contributed by atoms with van der Waals surface area (Å²) in [4.78, 5) is 52.6. The summed E-state index contributed by atoms with van der Waals surface area (Å²) in [6, 6.07) is 23.3. The van der Waals surface area contributed by atoms with Gasteiger partial charge in [0.2, 0.25) is 5.91 Å². The Morgan fingerprint density at radius 2 is 1.70 bits per heavy atom. The number of carbonyl (C=O) groups is 4. The van der Waals surface area contributed by atoms with E-state index in [0.717, 1.165) is 34.6 Å². The second-order valence-corrected chi connectivity index (χ2v) is 12.9. The smallest absolute Gasteiger partial charge is 0.341 e. The highest BCUT2D eigenvalue weighted by atomic mass is 32.2. The Kier molecular flexibility index (Phi) is 9.82. The van der Waals surface area contributed by atoms with Crippen molar-refractivity contribution in [1.29, 1.82) is 0 Å². The molecular formula is C34H32N2O6S2. The highest BCUT2D eigenvalue weighted by molar-refractivity contribution is 8.00. The minimum Gasteiger partial charge on any atom is -0.478 e. The molecule has 0 radical (unpaired) electrons. The van der Waals surface area contributed by atoms with Crippen LogP contribution in [-0.4, -0.2) is 40.7 Å². The molecule has 0 spiro atoms. The van der Waals surface area contributed by atoms with Crippen LogP contribution < -0.4 is 10.6 Å². The quantitative estimate of drug-likeness (QED) is 0.125. The summed E-state index contributed by atoms with van der Waals surface area (Å²) < 4.78 is 5.38. The van der Waals surface area contributed by atoms with Gasteiger partial charge in [-0.05, 0) is 80.5 Å². The van der Waals surface area contributed by atoms with Crippen LogP contribution in [0.5, 0.6) is 0 Å². The predicted molar refractivity (Wildman–Crippen MR) is 173 cm³/mol. The fourth-order valence-corrected chi connectivity index (χ4v) is 7.53. The molecule has 2 atom stereocenters. The molecular weight excluding hydrogens is 597 g/mol. The third kappa shape index (κ3) is 7.03. The van der Waals surface area contributed by atoms with Gasteiger partial charge in [0.15, 0.2) is 0 Å². The molecule has 2 unspecified atom stereocenters. The van der Waals surface area contributed by atoms with Crippen LogP contribution >= 0.6 is 23.1 Å². The molecule has 4 aromatic rings. The van der Waals surface area contributed by atoms with E-state index in [1.54, 1.807) is 44.2 Å². The average molecular weight is 629 g/mol. The number of esters is 1. The van der Waals surface area contributed by atoms with Crippen molar-refractivity contribution >= 4 is 57.5 Å². The molecule has 0 aliphatic heterocycles. The fraction of sp³-hybridized carbons (Fsp3) is 0.235. The van der Waals surface area contributed by atoms with Crippen LogP contribution in [-0.2, 0) is 22.4 Å². The van der Waals surface area contributed by atoms with Crippen molar-refractivity contribution in [2.24, 2.45) is 0 Å². The predicted octanol–water partition coefficient (Wildman–Crippen LogP) is 7.27. The number of nitrogens with one attached hydrogen (secondary N) is 2. The Morgan fingerprint density at radius 1 is 0.977 bits per heavy atom. The molecule has 1 aliphatic carbocycles. The van der Waals surface area contributed by atoms with Gasteiger partial charge in [-0.3, -0.25) is 9.59 Å². The molecule has 8 nitrogen and oxygen atoms in total. The highest BCUT2D eigenvalue weighted by Crippen LogP contribution is 2.43. The number of benzene rings is 3. The van der Waals surface area contributed by atoms with E-state index >= 15 is 0 Å². The van der Waals surface area contributed by atoms with E-state index in [1.807, 2.05) is 24.3 Å². The first-order valence-electron chi connectivity index (χ1n) is 14.3. The summed E-state index contributed by atoms with van der Waals surface area (Å²) in [7, 11) is 0. The number of hydrogen-bond donors (Lipinski definition) is 3. The number of anilines is 2. The van der Waals surface area contributed by atoms with Gasteiger partial charge in [-0.1, -0.05) is 48.5 Å². The highest BCUT2D eigenvalue weighted by Gasteiger charge is 2.31. The van der Waals surface area contributed by atoms with E-state index in [1.165, 1.54) is 40.8 Å². The monoisotopic (exact) mass is 628 g/mol. The van der Waals surface area contributed by atoms with Gasteiger partial charge in [0, 0.05) is 15.5 Å². The third-order valence-corrected chi connectivity index (χ3v) is 9.69. The van der Waals surface area contributed by atoms with Crippen LogP contribution in [0.25, 0.3) is 0 Å². The first-order valence-corrected chi connectivity index (χ1v) is 16.0. The molecule has 1 aromatic heterocycles. The average Bonchev–Trinajstić information content (AvgIpc) is 3.38. The minimum absolute atomic E-state index is 0.0527. The Labute approximate surface area is 263 Å². The Hall–Kier alpha value is -4.41. The third-order valence-electron chi connectivity index (χ3n) is 7.43. The summed E-state index contributed by atoms with van der Waals surface area (Å²) in [6.07, 6.45) is 2.44. The molecule has 0 bridgehead atoms. The van der Waals surface area contributed by atoms with E-state index in [4.69, 9.17) is 4.74 Å². The molecule has 2 amide bonds. The van der Waals surface area contributed by atoms with Gasteiger partial charge >= 0.3 is 11.9 Å². The van der Waals surface area contributed by atoms with Crippen molar-refractivity contribution in [1.82, 2.24) is 0 Å². The van der Waals surface area contributed by atoms with Gasteiger partial charge in [0.25, 0.3) is 5.91 Å². The second kappa shape index (κ2) is 13.9. The SMILES string of the molecule is CCOC(=O)c1c(NC(=O)C(C)Sc2cccc(NC(=O)c3ccccc3C(=O)O)c2)sc2c1CCC(c1ccccc1)C2. The van der Waals surface area contributed by atoms with Crippen molar-refractivity contribution in [3.8, 4) is 0 Å². The van der Waals surface area contributed by atoms with Crippen molar-refractivity contribution in [3.05, 3.63) is 112 Å². The minimum atomic E-state index is -1.19. The van der Waals surface area contributed by atoms with E-state index < -0.39 is 23.1 Å². The summed E-state index contributed by atoms with van der Waals surface area (Å²) in [5.41, 5.74) is 3.12.